The van der Waals surface area contributed by atoms with Crippen molar-refractivity contribution in [2.45, 2.75) is 42.5 Å². The summed E-state index contributed by atoms with van der Waals surface area (Å²) in [6, 6.07) is 16.3. The topological polar surface area (TPSA) is 103 Å². The zero-order chi connectivity index (χ0) is 31.8. The predicted octanol–water partition coefficient (Wildman–Crippen LogP) is 3.78. The Morgan fingerprint density at radius 3 is 2.38 bits per heavy atom. The molecule has 2 amide bonds. The van der Waals surface area contributed by atoms with E-state index >= 15 is 0 Å². The summed E-state index contributed by atoms with van der Waals surface area (Å²) in [5.74, 6) is -0.850. The zero-order valence-electron chi connectivity index (χ0n) is 25.6. The minimum atomic E-state index is -4.36. The number of piperidine rings is 1. The van der Waals surface area contributed by atoms with Gasteiger partial charge in [0.1, 0.15) is 5.41 Å². The number of aromatic nitrogens is 1. The molecule has 2 fully saturated rings. The normalized spacial score (nSPS) is 21.6. The standard InChI is InChI=1S/C33H38ClN5O5S/c1-3-44-31-27(10-7-15-35-31)33(23-30(40)38-20-18-37(19-21-38)25-13-16-36(2)17-14-25)28-22-24(34)11-12-29(28)39(32(33)41)45(42,43)26-8-5-4-6-9-26/h4-12,15,22,25H,3,13-14,16-21,23H2,1-2H3. The van der Waals surface area contributed by atoms with E-state index in [1.54, 1.807) is 60.5 Å². The second-order valence-corrected chi connectivity index (χ2v) is 14.1. The van der Waals surface area contributed by atoms with Gasteiger partial charge in [0.15, 0.2) is 0 Å². The van der Waals surface area contributed by atoms with Crippen molar-refractivity contribution in [2.24, 2.45) is 0 Å². The van der Waals surface area contributed by atoms with Gasteiger partial charge in [0.05, 0.1) is 17.2 Å². The molecule has 3 aromatic rings. The maximum absolute atomic E-state index is 14.9. The summed E-state index contributed by atoms with van der Waals surface area (Å²) in [5.41, 5.74) is -0.945. The van der Waals surface area contributed by atoms with Gasteiger partial charge in [-0.05, 0) is 81.9 Å². The highest BCUT2D eigenvalue weighted by Crippen LogP contribution is 2.53. The van der Waals surface area contributed by atoms with Crippen LogP contribution in [0.5, 0.6) is 5.88 Å². The number of piperazine rings is 1. The third-order valence-electron chi connectivity index (χ3n) is 9.27. The van der Waals surface area contributed by atoms with Crippen LogP contribution in [0.1, 0.15) is 37.3 Å². The summed E-state index contributed by atoms with van der Waals surface area (Å²) < 4.78 is 35.0. The second-order valence-electron chi connectivity index (χ2n) is 11.9. The first kappa shape index (κ1) is 31.5. The molecule has 0 radical (unpaired) electrons. The van der Waals surface area contributed by atoms with Crippen molar-refractivity contribution in [2.75, 3.05) is 57.2 Å². The summed E-state index contributed by atoms with van der Waals surface area (Å²) in [4.78, 5) is 40.2. The van der Waals surface area contributed by atoms with Gasteiger partial charge in [-0.25, -0.2) is 17.7 Å². The number of fused-ring (bicyclic) bond motifs is 1. The highest BCUT2D eigenvalue weighted by molar-refractivity contribution is 7.93. The lowest BCUT2D eigenvalue weighted by Gasteiger charge is -2.42. The smallest absolute Gasteiger partial charge is 0.270 e. The van der Waals surface area contributed by atoms with E-state index in [1.807, 2.05) is 0 Å². The van der Waals surface area contributed by atoms with E-state index in [0.29, 0.717) is 35.3 Å². The lowest BCUT2D eigenvalue weighted by molar-refractivity contribution is -0.137. The Balaban J connectivity index is 1.41. The van der Waals surface area contributed by atoms with E-state index in [2.05, 4.69) is 21.8 Å². The first-order chi connectivity index (χ1) is 21.7. The molecule has 3 aliphatic rings. The number of anilines is 1. The molecule has 45 heavy (non-hydrogen) atoms. The number of hydrogen-bond acceptors (Lipinski definition) is 8. The number of amides is 2. The van der Waals surface area contributed by atoms with E-state index in [0.717, 1.165) is 43.3 Å². The van der Waals surface area contributed by atoms with E-state index in [9.17, 15) is 18.0 Å². The van der Waals surface area contributed by atoms with Crippen LogP contribution in [0.4, 0.5) is 5.69 Å². The SMILES string of the molecule is CCOc1ncccc1C1(CC(=O)N2CCN(C3CCN(C)CC3)CC2)C(=O)N(S(=O)(=O)c2ccccc2)c2ccc(Cl)cc21. The number of nitrogens with zero attached hydrogens (tertiary/aromatic N) is 5. The fourth-order valence-electron chi connectivity index (χ4n) is 6.89. The second kappa shape index (κ2) is 12.7. The molecule has 12 heteroatoms. The Bertz CT molecular complexity index is 1670. The molecule has 1 unspecified atom stereocenters. The minimum absolute atomic E-state index is 0.0392. The highest BCUT2D eigenvalue weighted by atomic mass is 35.5. The van der Waals surface area contributed by atoms with Gasteiger partial charge >= 0.3 is 0 Å². The number of ether oxygens (including phenoxy) is 1. The minimum Gasteiger partial charge on any atom is -0.478 e. The predicted molar refractivity (Wildman–Crippen MR) is 172 cm³/mol. The molecular weight excluding hydrogens is 614 g/mol. The maximum Gasteiger partial charge on any atom is 0.270 e. The largest absolute Gasteiger partial charge is 0.478 e. The van der Waals surface area contributed by atoms with Crippen molar-refractivity contribution in [3.63, 3.8) is 0 Å². The van der Waals surface area contributed by atoms with Crippen LogP contribution in [0.2, 0.25) is 5.02 Å². The maximum atomic E-state index is 14.9. The number of rotatable bonds is 8. The van der Waals surface area contributed by atoms with Gasteiger partial charge in [-0.15, -0.1) is 0 Å². The molecule has 0 saturated carbocycles. The van der Waals surface area contributed by atoms with Gasteiger partial charge in [0, 0.05) is 55.4 Å². The highest BCUT2D eigenvalue weighted by Gasteiger charge is 2.58. The first-order valence-electron chi connectivity index (χ1n) is 15.4. The Labute approximate surface area is 269 Å². The number of halogens is 1. The van der Waals surface area contributed by atoms with Crippen LogP contribution >= 0.6 is 11.6 Å². The molecule has 4 heterocycles. The fraction of sp³-hybridized carbons (Fsp3) is 0.424. The van der Waals surface area contributed by atoms with Crippen LogP contribution in [0.25, 0.3) is 0 Å². The third kappa shape index (κ3) is 5.71. The van der Waals surface area contributed by atoms with Gasteiger partial charge in [-0.3, -0.25) is 14.5 Å². The molecule has 2 aromatic carbocycles. The molecular formula is C33H38ClN5O5S. The van der Waals surface area contributed by atoms with Gasteiger partial charge in [0.25, 0.3) is 15.9 Å². The summed E-state index contributed by atoms with van der Waals surface area (Å²) in [6.45, 7) is 6.72. The van der Waals surface area contributed by atoms with Crippen LogP contribution in [-0.4, -0.2) is 98.9 Å². The average Bonchev–Trinajstić information content (AvgIpc) is 3.30. The summed E-state index contributed by atoms with van der Waals surface area (Å²) in [7, 11) is -2.22. The quantitative estimate of drug-likeness (QED) is 0.363. The van der Waals surface area contributed by atoms with Gasteiger partial charge in [0.2, 0.25) is 11.8 Å². The molecule has 2 saturated heterocycles. The first-order valence-corrected chi connectivity index (χ1v) is 17.2. The molecule has 3 aliphatic heterocycles. The van der Waals surface area contributed by atoms with E-state index < -0.39 is 21.3 Å². The molecule has 0 spiro atoms. The van der Waals surface area contributed by atoms with Crippen molar-refractivity contribution < 1.29 is 22.7 Å². The lowest BCUT2D eigenvalue weighted by atomic mass is 9.72. The number of pyridine rings is 1. The van der Waals surface area contributed by atoms with Crippen molar-refractivity contribution in [3.05, 3.63) is 83.0 Å². The van der Waals surface area contributed by atoms with Crippen LogP contribution in [0.3, 0.4) is 0 Å². The van der Waals surface area contributed by atoms with E-state index in [4.69, 9.17) is 16.3 Å². The van der Waals surface area contributed by atoms with Crippen LogP contribution < -0.4 is 9.04 Å². The van der Waals surface area contributed by atoms with Crippen molar-refractivity contribution in [1.29, 1.82) is 0 Å². The Morgan fingerprint density at radius 2 is 1.69 bits per heavy atom. The number of likely N-dealkylation sites (tertiary alicyclic amines) is 1. The zero-order valence-corrected chi connectivity index (χ0v) is 27.1. The van der Waals surface area contributed by atoms with Gasteiger partial charge in [-0.2, -0.15) is 0 Å². The number of carbonyl (C=O) groups is 2. The van der Waals surface area contributed by atoms with Crippen molar-refractivity contribution in [1.82, 2.24) is 19.7 Å². The number of hydrogen-bond donors (Lipinski definition) is 0. The third-order valence-corrected chi connectivity index (χ3v) is 11.2. The summed E-state index contributed by atoms with van der Waals surface area (Å²) >= 11 is 6.52. The molecule has 1 atom stereocenters. The Hall–Kier alpha value is -3.51. The monoisotopic (exact) mass is 651 g/mol. The molecule has 10 nitrogen and oxygen atoms in total. The molecule has 0 bridgehead atoms. The van der Waals surface area contributed by atoms with Gasteiger partial charge in [-0.1, -0.05) is 35.9 Å². The lowest BCUT2D eigenvalue weighted by Crippen LogP contribution is -2.55. The van der Waals surface area contributed by atoms with E-state index in [-0.39, 0.29) is 35.4 Å². The van der Waals surface area contributed by atoms with Crippen LogP contribution in [0.15, 0.2) is 71.8 Å². The summed E-state index contributed by atoms with van der Waals surface area (Å²) in [5, 5.41) is 0.311. The number of benzene rings is 2. The number of sulfonamides is 1. The Kier molecular flexibility index (Phi) is 8.89. The Morgan fingerprint density at radius 1 is 0.978 bits per heavy atom. The molecule has 1 aromatic heterocycles. The molecule has 0 N–H and O–H groups in total. The average molecular weight is 652 g/mol. The summed E-state index contributed by atoms with van der Waals surface area (Å²) in [6.07, 6.45) is 3.45. The van der Waals surface area contributed by atoms with Crippen molar-refractivity contribution >= 4 is 39.1 Å². The van der Waals surface area contributed by atoms with Crippen LogP contribution in [-0.2, 0) is 25.0 Å². The molecule has 238 valence electrons. The fourth-order valence-corrected chi connectivity index (χ4v) is 8.57. The van der Waals surface area contributed by atoms with Crippen molar-refractivity contribution in [3.8, 4) is 5.88 Å². The number of carbonyl (C=O) groups excluding carboxylic acids is 2. The van der Waals surface area contributed by atoms with Gasteiger partial charge < -0.3 is 14.5 Å². The molecule has 6 rings (SSSR count). The van der Waals surface area contributed by atoms with Crippen LogP contribution in [0, 0.1) is 0 Å². The van der Waals surface area contributed by atoms with E-state index in [1.165, 1.54) is 18.2 Å². The molecule has 0 aliphatic carbocycles.